The van der Waals surface area contributed by atoms with Crippen LogP contribution in [0.2, 0.25) is 0 Å². The lowest BCUT2D eigenvalue weighted by Crippen LogP contribution is -2.07. The Balaban J connectivity index is 2.86. The second kappa shape index (κ2) is 5.03. The summed E-state index contributed by atoms with van der Waals surface area (Å²) in [5.41, 5.74) is 0. The van der Waals surface area contributed by atoms with E-state index >= 15 is 0 Å². The first-order valence-corrected chi connectivity index (χ1v) is 2.79. The molecule has 0 aromatic rings. The molecule has 1 unspecified atom stereocenters. The Morgan fingerprint density at radius 2 is 2.25 bits per heavy atom. The smallest absolute Gasteiger partial charge is 0.188 e. The van der Waals surface area contributed by atoms with Crippen LogP contribution in [-0.2, 0) is 4.89 Å². The van der Waals surface area contributed by atoms with Crippen molar-refractivity contribution in [3.63, 3.8) is 0 Å². The molecule has 0 radical (unpaired) electrons. The molecule has 0 aliphatic carbocycles. The minimum Gasteiger partial charge on any atom is -0.366 e. The molecular weight excluding hydrogens is 108 g/mol. The third-order valence-corrected chi connectivity index (χ3v) is 0.926. The molecule has 0 heterocycles. The number of aliphatic hydroxyl groups excluding tert-OH is 1. The minimum absolute atomic E-state index is 0.507. The molecule has 0 aliphatic heterocycles. The first kappa shape index (κ1) is 7.88. The van der Waals surface area contributed by atoms with E-state index in [1.54, 1.807) is 0 Å². The fraction of sp³-hybridized carbons (Fsp3) is 1.00. The molecule has 3 nitrogen and oxygen atoms in total. The number of rotatable bonds is 4. The predicted octanol–water partition coefficient (Wildman–Crippen LogP) is 0.985. The average molecular weight is 120 g/mol. The third kappa shape index (κ3) is 4.05. The Morgan fingerprint density at radius 3 is 2.62 bits per heavy atom. The van der Waals surface area contributed by atoms with Crippen LogP contribution in [0.25, 0.3) is 0 Å². The monoisotopic (exact) mass is 120 g/mol. The Morgan fingerprint density at radius 1 is 1.62 bits per heavy atom. The molecule has 0 aromatic heterocycles. The summed E-state index contributed by atoms with van der Waals surface area (Å²) in [6, 6.07) is 0. The third-order valence-electron chi connectivity index (χ3n) is 0.926. The van der Waals surface area contributed by atoms with Gasteiger partial charge in [0.1, 0.15) is 0 Å². The van der Waals surface area contributed by atoms with Crippen molar-refractivity contribution < 1.29 is 15.3 Å². The molecule has 8 heavy (non-hydrogen) atoms. The highest BCUT2D eigenvalue weighted by Crippen LogP contribution is 1.98. The maximum Gasteiger partial charge on any atom is 0.188 e. The average Bonchev–Trinajstić information content (AvgIpc) is 1.83. The lowest BCUT2D eigenvalue weighted by atomic mass is 10.2. The van der Waals surface area contributed by atoms with Gasteiger partial charge in [-0.3, -0.25) is 0 Å². The maximum atomic E-state index is 8.52. The largest absolute Gasteiger partial charge is 0.366 e. The highest BCUT2D eigenvalue weighted by molar-refractivity contribution is 4.37. The van der Waals surface area contributed by atoms with Crippen LogP contribution < -0.4 is 0 Å². The highest BCUT2D eigenvalue weighted by atomic mass is 17.1. The topological polar surface area (TPSA) is 49.7 Å². The SMILES string of the molecule is CCCCC(O)OO. The van der Waals surface area contributed by atoms with Crippen molar-refractivity contribution in [1.29, 1.82) is 0 Å². The van der Waals surface area contributed by atoms with Crippen LogP contribution in [0.4, 0.5) is 0 Å². The van der Waals surface area contributed by atoms with E-state index in [0.717, 1.165) is 12.8 Å². The summed E-state index contributed by atoms with van der Waals surface area (Å²) in [7, 11) is 0. The van der Waals surface area contributed by atoms with Gasteiger partial charge in [-0.1, -0.05) is 13.3 Å². The van der Waals surface area contributed by atoms with Crippen LogP contribution in [0.5, 0.6) is 0 Å². The van der Waals surface area contributed by atoms with Crippen LogP contribution in [0.3, 0.4) is 0 Å². The van der Waals surface area contributed by atoms with E-state index in [1.807, 2.05) is 6.92 Å². The van der Waals surface area contributed by atoms with Gasteiger partial charge in [-0.05, 0) is 6.42 Å². The van der Waals surface area contributed by atoms with Gasteiger partial charge in [0.25, 0.3) is 0 Å². The fourth-order valence-electron chi connectivity index (χ4n) is 0.431. The Labute approximate surface area is 48.8 Å². The van der Waals surface area contributed by atoms with Gasteiger partial charge in [-0.25, -0.2) is 10.1 Å². The number of aliphatic hydroxyl groups is 1. The second-order valence-corrected chi connectivity index (χ2v) is 1.70. The van der Waals surface area contributed by atoms with Crippen molar-refractivity contribution in [2.45, 2.75) is 32.5 Å². The lowest BCUT2D eigenvalue weighted by molar-refractivity contribution is -0.335. The molecule has 2 N–H and O–H groups in total. The molecule has 0 spiro atoms. The van der Waals surface area contributed by atoms with Gasteiger partial charge in [-0.2, -0.15) is 0 Å². The van der Waals surface area contributed by atoms with Gasteiger partial charge < -0.3 is 5.11 Å². The van der Waals surface area contributed by atoms with Gasteiger partial charge in [0.15, 0.2) is 6.29 Å². The first-order chi connectivity index (χ1) is 3.81. The van der Waals surface area contributed by atoms with Crippen molar-refractivity contribution in [2.24, 2.45) is 0 Å². The molecule has 0 amide bonds. The Hall–Kier alpha value is -0.120. The summed E-state index contributed by atoms with van der Waals surface area (Å²) < 4.78 is 0. The summed E-state index contributed by atoms with van der Waals surface area (Å²) in [6.45, 7) is 2.00. The van der Waals surface area contributed by atoms with E-state index in [1.165, 1.54) is 0 Å². The van der Waals surface area contributed by atoms with Crippen molar-refractivity contribution in [2.75, 3.05) is 0 Å². The molecular formula is C5H12O3. The van der Waals surface area contributed by atoms with E-state index < -0.39 is 6.29 Å². The normalized spacial score (nSPS) is 13.9. The summed E-state index contributed by atoms with van der Waals surface area (Å²) in [5, 5.41) is 16.3. The van der Waals surface area contributed by atoms with Crippen molar-refractivity contribution in [1.82, 2.24) is 0 Å². The lowest BCUT2D eigenvalue weighted by Gasteiger charge is -2.02. The zero-order valence-corrected chi connectivity index (χ0v) is 5.00. The fourth-order valence-corrected chi connectivity index (χ4v) is 0.431. The summed E-state index contributed by atoms with van der Waals surface area (Å²) >= 11 is 0. The van der Waals surface area contributed by atoms with Gasteiger partial charge in [0, 0.05) is 6.42 Å². The molecule has 0 aliphatic rings. The first-order valence-electron chi connectivity index (χ1n) is 2.79. The Bertz CT molecular complexity index is 46.9. The number of hydrogen-bond donors (Lipinski definition) is 2. The van der Waals surface area contributed by atoms with Gasteiger partial charge in [-0.15, -0.1) is 0 Å². The zero-order chi connectivity index (χ0) is 6.41. The Kier molecular flexibility index (Phi) is 4.95. The molecule has 0 saturated carbocycles. The van der Waals surface area contributed by atoms with Crippen molar-refractivity contribution >= 4 is 0 Å². The van der Waals surface area contributed by atoms with Crippen LogP contribution in [0.15, 0.2) is 0 Å². The quantitative estimate of drug-likeness (QED) is 0.330. The standard InChI is InChI=1S/C5H12O3/c1-2-3-4-5(6)8-7/h5-7H,2-4H2,1H3. The number of hydrogen-bond acceptors (Lipinski definition) is 3. The molecule has 0 rings (SSSR count). The maximum absolute atomic E-state index is 8.52. The van der Waals surface area contributed by atoms with E-state index in [2.05, 4.69) is 4.89 Å². The molecule has 0 saturated heterocycles. The van der Waals surface area contributed by atoms with Crippen LogP contribution in [0.1, 0.15) is 26.2 Å². The van der Waals surface area contributed by atoms with Crippen molar-refractivity contribution in [3.8, 4) is 0 Å². The van der Waals surface area contributed by atoms with Gasteiger partial charge in [0.05, 0.1) is 0 Å². The molecule has 50 valence electrons. The second-order valence-electron chi connectivity index (χ2n) is 1.70. The van der Waals surface area contributed by atoms with Gasteiger partial charge in [0.2, 0.25) is 0 Å². The van der Waals surface area contributed by atoms with Crippen molar-refractivity contribution in [3.05, 3.63) is 0 Å². The molecule has 0 fully saturated rings. The van der Waals surface area contributed by atoms with E-state index in [4.69, 9.17) is 10.4 Å². The van der Waals surface area contributed by atoms with Crippen LogP contribution in [-0.4, -0.2) is 16.7 Å². The van der Waals surface area contributed by atoms with E-state index in [0.29, 0.717) is 6.42 Å². The van der Waals surface area contributed by atoms with Crippen LogP contribution in [0, 0.1) is 0 Å². The van der Waals surface area contributed by atoms with Gasteiger partial charge >= 0.3 is 0 Å². The summed E-state index contributed by atoms with van der Waals surface area (Å²) in [5.74, 6) is 0. The zero-order valence-electron chi connectivity index (χ0n) is 5.00. The molecule has 0 aromatic carbocycles. The summed E-state index contributed by atoms with van der Waals surface area (Å²) in [4.78, 5) is 3.61. The predicted molar refractivity (Wildman–Crippen MR) is 29.2 cm³/mol. The minimum atomic E-state index is -0.991. The number of unbranched alkanes of at least 4 members (excludes halogenated alkanes) is 1. The molecule has 3 heteroatoms. The molecule has 1 atom stereocenters. The molecule has 0 bridgehead atoms. The summed E-state index contributed by atoms with van der Waals surface area (Å²) in [6.07, 6.45) is 1.39. The van der Waals surface area contributed by atoms with E-state index in [-0.39, 0.29) is 0 Å². The van der Waals surface area contributed by atoms with Crippen LogP contribution >= 0.6 is 0 Å². The van der Waals surface area contributed by atoms with E-state index in [9.17, 15) is 0 Å². The highest BCUT2D eigenvalue weighted by Gasteiger charge is 1.99.